The van der Waals surface area contributed by atoms with Crippen LogP contribution in [0, 0.1) is 0 Å². The van der Waals surface area contributed by atoms with E-state index in [-0.39, 0.29) is 5.91 Å². The Balaban J connectivity index is 2.10. The van der Waals surface area contributed by atoms with Crippen molar-refractivity contribution < 1.29 is 9.53 Å². The topological polar surface area (TPSA) is 29.5 Å². The number of carbonyl (C=O) groups is 1. The van der Waals surface area contributed by atoms with E-state index in [2.05, 4.69) is 0 Å². The molecule has 0 bridgehead atoms. The van der Waals surface area contributed by atoms with E-state index in [1.807, 2.05) is 42.5 Å². The molecule has 0 aliphatic carbocycles. The fourth-order valence-electron chi connectivity index (χ4n) is 1.79. The van der Waals surface area contributed by atoms with E-state index in [4.69, 9.17) is 4.74 Å². The zero-order valence-electron chi connectivity index (χ0n) is 11.6. The van der Waals surface area contributed by atoms with Crippen molar-refractivity contribution in [3.63, 3.8) is 0 Å². The second kappa shape index (κ2) is 6.57. The molecule has 0 aromatic heterocycles. The molecule has 3 heteroatoms. The van der Waals surface area contributed by atoms with E-state index in [0.29, 0.717) is 11.3 Å². The molecule has 1 amide bonds. The van der Waals surface area contributed by atoms with E-state index >= 15 is 0 Å². The summed E-state index contributed by atoms with van der Waals surface area (Å²) < 4.78 is 5.13. The zero-order chi connectivity index (χ0) is 14.4. The van der Waals surface area contributed by atoms with Gasteiger partial charge in [-0.3, -0.25) is 4.79 Å². The van der Waals surface area contributed by atoms with Gasteiger partial charge in [0.15, 0.2) is 0 Å². The normalized spacial score (nSPS) is 10.5. The van der Waals surface area contributed by atoms with Gasteiger partial charge in [0, 0.05) is 18.8 Å². The number of carbonyl (C=O) groups excluding carboxylic acids is 1. The molecule has 0 saturated carbocycles. The molecule has 3 nitrogen and oxygen atoms in total. The van der Waals surface area contributed by atoms with Crippen LogP contribution in [-0.2, 0) is 0 Å². The van der Waals surface area contributed by atoms with Gasteiger partial charge in [-0.2, -0.15) is 0 Å². The molecule has 0 aliphatic heterocycles. The van der Waals surface area contributed by atoms with E-state index in [0.717, 1.165) is 5.56 Å². The Morgan fingerprint density at radius 1 is 1.10 bits per heavy atom. The standard InChI is InChI=1S/C17H17NO2/c1-18(12-11-14-7-4-3-5-8-14)17(19)15-9-6-10-16(13-15)20-2/h3-13H,1-2H3. The molecule has 0 saturated heterocycles. The number of amides is 1. The summed E-state index contributed by atoms with van der Waals surface area (Å²) in [4.78, 5) is 13.8. The monoisotopic (exact) mass is 267 g/mol. The number of hydrogen-bond donors (Lipinski definition) is 0. The summed E-state index contributed by atoms with van der Waals surface area (Å²) in [5.74, 6) is 0.604. The molecule has 0 N–H and O–H groups in total. The van der Waals surface area contributed by atoms with Crippen molar-refractivity contribution in [2.75, 3.05) is 14.2 Å². The largest absolute Gasteiger partial charge is 0.497 e. The van der Waals surface area contributed by atoms with Crippen LogP contribution in [-0.4, -0.2) is 25.0 Å². The van der Waals surface area contributed by atoms with Gasteiger partial charge in [-0.05, 0) is 29.8 Å². The average molecular weight is 267 g/mol. The Kier molecular flexibility index (Phi) is 4.56. The first-order chi connectivity index (χ1) is 9.70. The lowest BCUT2D eigenvalue weighted by atomic mass is 10.2. The third kappa shape index (κ3) is 3.48. The third-order valence-corrected chi connectivity index (χ3v) is 2.93. The van der Waals surface area contributed by atoms with Gasteiger partial charge in [0.25, 0.3) is 5.91 Å². The van der Waals surface area contributed by atoms with Crippen molar-refractivity contribution in [3.8, 4) is 5.75 Å². The van der Waals surface area contributed by atoms with Gasteiger partial charge in [-0.15, -0.1) is 0 Å². The average Bonchev–Trinajstić information content (AvgIpc) is 2.53. The van der Waals surface area contributed by atoms with Crippen molar-refractivity contribution in [1.82, 2.24) is 4.90 Å². The van der Waals surface area contributed by atoms with Crippen LogP contribution in [0.1, 0.15) is 15.9 Å². The van der Waals surface area contributed by atoms with Crippen molar-refractivity contribution in [1.29, 1.82) is 0 Å². The molecule has 0 atom stereocenters. The van der Waals surface area contributed by atoms with Crippen LogP contribution < -0.4 is 4.74 Å². The number of rotatable bonds is 4. The number of ether oxygens (including phenoxy) is 1. The summed E-state index contributed by atoms with van der Waals surface area (Å²) in [5.41, 5.74) is 1.65. The second-order valence-corrected chi connectivity index (χ2v) is 4.37. The fraction of sp³-hybridized carbons (Fsp3) is 0.118. The van der Waals surface area contributed by atoms with Gasteiger partial charge in [0.1, 0.15) is 5.75 Å². The Morgan fingerprint density at radius 3 is 2.55 bits per heavy atom. The lowest BCUT2D eigenvalue weighted by Crippen LogP contribution is -2.20. The first kappa shape index (κ1) is 13.9. The number of hydrogen-bond acceptors (Lipinski definition) is 2. The summed E-state index contributed by atoms with van der Waals surface area (Å²) in [5, 5.41) is 0. The molecule has 0 fully saturated rings. The predicted molar refractivity (Wildman–Crippen MR) is 80.6 cm³/mol. The molecule has 20 heavy (non-hydrogen) atoms. The Labute approximate surface area is 119 Å². The molecule has 2 aromatic rings. The molecule has 102 valence electrons. The lowest BCUT2D eigenvalue weighted by molar-refractivity contribution is 0.0850. The molecule has 0 unspecified atom stereocenters. The number of nitrogens with zero attached hydrogens (tertiary/aromatic N) is 1. The Bertz CT molecular complexity index is 605. The maximum Gasteiger partial charge on any atom is 0.257 e. The van der Waals surface area contributed by atoms with E-state index in [1.54, 1.807) is 43.5 Å². The van der Waals surface area contributed by atoms with Crippen molar-refractivity contribution in [3.05, 3.63) is 71.9 Å². The highest BCUT2D eigenvalue weighted by molar-refractivity contribution is 5.95. The summed E-state index contributed by atoms with van der Waals surface area (Å²) >= 11 is 0. The minimum atomic E-state index is -0.0731. The smallest absolute Gasteiger partial charge is 0.257 e. The highest BCUT2D eigenvalue weighted by atomic mass is 16.5. The van der Waals surface area contributed by atoms with Crippen LogP contribution >= 0.6 is 0 Å². The second-order valence-electron chi connectivity index (χ2n) is 4.37. The maximum atomic E-state index is 12.3. The molecule has 0 aliphatic rings. The number of methoxy groups -OCH3 is 1. The number of benzene rings is 2. The minimum absolute atomic E-state index is 0.0731. The van der Waals surface area contributed by atoms with Gasteiger partial charge in [-0.1, -0.05) is 36.4 Å². The van der Waals surface area contributed by atoms with Gasteiger partial charge < -0.3 is 9.64 Å². The molecule has 0 spiro atoms. The zero-order valence-corrected chi connectivity index (χ0v) is 11.6. The van der Waals surface area contributed by atoms with E-state index < -0.39 is 0 Å². The van der Waals surface area contributed by atoms with Crippen LogP contribution in [0.3, 0.4) is 0 Å². The fourth-order valence-corrected chi connectivity index (χ4v) is 1.79. The predicted octanol–water partition coefficient (Wildman–Crippen LogP) is 3.44. The highest BCUT2D eigenvalue weighted by Gasteiger charge is 2.09. The first-order valence-electron chi connectivity index (χ1n) is 6.35. The van der Waals surface area contributed by atoms with Gasteiger partial charge in [0.2, 0.25) is 0 Å². The van der Waals surface area contributed by atoms with Gasteiger partial charge in [0.05, 0.1) is 7.11 Å². The minimum Gasteiger partial charge on any atom is -0.497 e. The Hall–Kier alpha value is -2.55. The van der Waals surface area contributed by atoms with Crippen LogP contribution in [0.15, 0.2) is 60.8 Å². The highest BCUT2D eigenvalue weighted by Crippen LogP contribution is 2.14. The van der Waals surface area contributed by atoms with E-state index in [1.165, 1.54) is 0 Å². The first-order valence-corrected chi connectivity index (χ1v) is 6.35. The summed E-state index contributed by atoms with van der Waals surface area (Å²) in [6.07, 6.45) is 3.66. The lowest BCUT2D eigenvalue weighted by Gasteiger charge is -2.12. The summed E-state index contributed by atoms with van der Waals surface area (Å²) in [7, 11) is 3.32. The quantitative estimate of drug-likeness (QED) is 0.849. The van der Waals surface area contributed by atoms with Crippen molar-refractivity contribution in [2.45, 2.75) is 0 Å². The third-order valence-electron chi connectivity index (χ3n) is 2.93. The van der Waals surface area contributed by atoms with E-state index in [9.17, 15) is 4.79 Å². The SMILES string of the molecule is COc1cccc(C(=O)N(C)C=Cc2ccccc2)c1. The maximum absolute atomic E-state index is 12.3. The molecule has 2 rings (SSSR count). The van der Waals surface area contributed by atoms with Crippen molar-refractivity contribution in [2.24, 2.45) is 0 Å². The van der Waals surface area contributed by atoms with Crippen LogP contribution in [0.5, 0.6) is 5.75 Å². The van der Waals surface area contributed by atoms with Gasteiger partial charge in [-0.25, -0.2) is 0 Å². The van der Waals surface area contributed by atoms with Crippen LogP contribution in [0.25, 0.3) is 6.08 Å². The molecule has 2 aromatic carbocycles. The molecular weight excluding hydrogens is 250 g/mol. The van der Waals surface area contributed by atoms with Gasteiger partial charge >= 0.3 is 0 Å². The molecule has 0 radical (unpaired) electrons. The van der Waals surface area contributed by atoms with Crippen LogP contribution in [0.4, 0.5) is 0 Å². The van der Waals surface area contributed by atoms with Crippen LogP contribution in [0.2, 0.25) is 0 Å². The molecule has 0 heterocycles. The summed E-state index contributed by atoms with van der Waals surface area (Å²) in [6.45, 7) is 0. The summed E-state index contributed by atoms with van der Waals surface area (Å²) in [6, 6.07) is 17.0. The molecular formula is C17H17NO2. The Morgan fingerprint density at radius 2 is 1.85 bits per heavy atom. The van der Waals surface area contributed by atoms with Crippen molar-refractivity contribution >= 4 is 12.0 Å².